The summed E-state index contributed by atoms with van der Waals surface area (Å²) >= 11 is -2.29. The van der Waals surface area contributed by atoms with Gasteiger partial charge in [-0.25, -0.2) is 0 Å². The molecule has 0 radical (unpaired) electrons. The van der Waals surface area contributed by atoms with Gasteiger partial charge in [0, 0.05) is 4.90 Å². The van der Waals surface area contributed by atoms with E-state index in [1.807, 2.05) is 0 Å². The van der Waals surface area contributed by atoms with Crippen molar-refractivity contribution in [3.8, 4) is 11.5 Å². The zero-order chi connectivity index (χ0) is 11.0. The van der Waals surface area contributed by atoms with E-state index in [2.05, 4.69) is 0 Å². The molecule has 0 bridgehead atoms. The molecule has 1 atom stereocenters. The highest BCUT2D eigenvalue weighted by Crippen LogP contribution is 2.30. The van der Waals surface area contributed by atoms with Crippen LogP contribution in [0.5, 0.6) is 11.5 Å². The van der Waals surface area contributed by atoms with Gasteiger partial charge in [-0.15, -0.1) is 0 Å². The minimum atomic E-state index is -2.29. The van der Waals surface area contributed by atoms with Crippen LogP contribution in [-0.2, 0) is 11.1 Å². The van der Waals surface area contributed by atoms with Crippen molar-refractivity contribution >= 4 is 21.9 Å². The smallest absolute Gasteiger partial charge is 0.158 e. The second kappa shape index (κ2) is 3.52. The molecule has 0 aliphatic rings. The van der Waals surface area contributed by atoms with Crippen LogP contribution < -0.4 is 0 Å². The Balaban J connectivity index is 2.72. The number of phenolic OH excluding ortho intramolecular Hbond substituents is 2. The molecule has 0 aliphatic heterocycles. The van der Waals surface area contributed by atoms with Crippen molar-refractivity contribution in [2.75, 3.05) is 0 Å². The second-order valence-electron chi connectivity index (χ2n) is 3.08. The van der Waals surface area contributed by atoms with Gasteiger partial charge >= 0.3 is 0 Å². The van der Waals surface area contributed by atoms with Gasteiger partial charge in [0.2, 0.25) is 0 Å². The Hall–Kier alpha value is -1.59. The molecule has 2 aromatic rings. The third-order valence-electron chi connectivity index (χ3n) is 2.10. The Kier molecular flexibility index (Phi) is 2.34. The van der Waals surface area contributed by atoms with Crippen molar-refractivity contribution in [1.29, 1.82) is 0 Å². The average molecular weight is 223 g/mol. The van der Waals surface area contributed by atoms with E-state index < -0.39 is 11.1 Å². The van der Waals surface area contributed by atoms with Crippen LogP contribution in [0.4, 0.5) is 0 Å². The summed E-state index contributed by atoms with van der Waals surface area (Å²) in [6.45, 7) is 0. The number of aromatic hydroxyl groups is 2. The molecule has 1 unspecified atom stereocenters. The molecule has 2 N–H and O–H groups in total. The standard InChI is InChI=1S/C10H8O4S/c11-9-4-6-1-2-8(15(13)14)3-7(6)5-10(9)12/h1-5,11-12H,(H,13,14)/p-1. The van der Waals surface area contributed by atoms with Gasteiger partial charge in [-0.3, -0.25) is 4.21 Å². The average Bonchev–Trinajstić information content (AvgIpc) is 2.19. The zero-order valence-electron chi connectivity index (χ0n) is 7.51. The van der Waals surface area contributed by atoms with Crippen molar-refractivity contribution in [3.63, 3.8) is 0 Å². The summed E-state index contributed by atoms with van der Waals surface area (Å²) in [5, 5.41) is 19.7. The van der Waals surface area contributed by atoms with Crippen LogP contribution in [0.25, 0.3) is 10.8 Å². The predicted molar refractivity (Wildman–Crippen MR) is 54.5 cm³/mol. The summed E-state index contributed by atoms with van der Waals surface area (Å²) in [4.78, 5) is 0.146. The molecule has 4 nitrogen and oxygen atoms in total. The van der Waals surface area contributed by atoms with E-state index in [1.54, 1.807) is 6.07 Å². The Bertz CT molecular complexity index is 550. The SMILES string of the molecule is O=S([O-])c1ccc2cc(O)c(O)cc2c1. The van der Waals surface area contributed by atoms with Crippen LogP contribution in [0.15, 0.2) is 35.2 Å². The van der Waals surface area contributed by atoms with Crippen LogP contribution in [0.1, 0.15) is 0 Å². The molecule has 5 heteroatoms. The maximum atomic E-state index is 10.7. The van der Waals surface area contributed by atoms with Gasteiger partial charge in [-0.2, -0.15) is 0 Å². The predicted octanol–water partition coefficient (Wildman–Crippen LogP) is 1.49. The maximum Gasteiger partial charge on any atom is 0.158 e. The summed E-state index contributed by atoms with van der Waals surface area (Å²) in [7, 11) is 0. The van der Waals surface area contributed by atoms with Crippen molar-refractivity contribution < 1.29 is 19.0 Å². The summed E-state index contributed by atoms with van der Waals surface area (Å²) < 4.78 is 21.4. The van der Waals surface area contributed by atoms with E-state index in [0.717, 1.165) is 0 Å². The molecule has 2 rings (SSSR count). The van der Waals surface area contributed by atoms with Gasteiger partial charge in [0.25, 0.3) is 0 Å². The highest BCUT2D eigenvalue weighted by Gasteiger charge is 2.03. The van der Waals surface area contributed by atoms with E-state index in [4.69, 9.17) is 0 Å². The third kappa shape index (κ3) is 1.79. The third-order valence-corrected chi connectivity index (χ3v) is 2.74. The summed E-state index contributed by atoms with van der Waals surface area (Å²) in [5.74, 6) is -0.491. The molecule has 0 saturated heterocycles. The highest BCUT2D eigenvalue weighted by atomic mass is 32.2. The van der Waals surface area contributed by atoms with Crippen molar-refractivity contribution in [1.82, 2.24) is 0 Å². The molecule has 0 amide bonds. The molecule has 0 spiro atoms. The monoisotopic (exact) mass is 223 g/mol. The van der Waals surface area contributed by atoms with Crippen molar-refractivity contribution in [2.24, 2.45) is 0 Å². The van der Waals surface area contributed by atoms with Gasteiger partial charge < -0.3 is 14.8 Å². The molecule has 0 fully saturated rings. The van der Waals surface area contributed by atoms with Crippen LogP contribution in [0, 0.1) is 0 Å². The topological polar surface area (TPSA) is 80.6 Å². The number of phenols is 2. The number of fused-ring (bicyclic) bond motifs is 1. The van der Waals surface area contributed by atoms with Crippen molar-refractivity contribution in [2.45, 2.75) is 4.90 Å². The van der Waals surface area contributed by atoms with Crippen LogP contribution >= 0.6 is 0 Å². The summed E-state index contributed by atoms with van der Waals surface area (Å²) in [5.41, 5.74) is 0. The van der Waals surface area contributed by atoms with E-state index in [-0.39, 0.29) is 16.4 Å². The fourth-order valence-corrected chi connectivity index (χ4v) is 1.76. The highest BCUT2D eigenvalue weighted by molar-refractivity contribution is 7.79. The Morgan fingerprint density at radius 1 is 1.00 bits per heavy atom. The zero-order valence-corrected chi connectivity index (χ0v) is 8.32. The lowest BCUT2D eigenvalue weighted by Gasteiger charge is -2.07. The first kappa shape index (κ1) is 9.95. The summed E-state index contributed by atoms with van der Waals surface area (Å²) in [6.07, 6.45) is 0. The molecule has 0 aliphatic carbocycles. The Labute approximate surface area is 88.1 Å². The molecule has 0 aromatic heterocycles. The quantitative estimate of drug-likeness (QED) is 0.567. The minimum Gasteiger partial charge on any atom is -0.768 e. The Morgan fingerprint density at radius 2 is 1.60 bits per heavy atom. The fraction of sp³-hybridized carbons (Fsp3) is 0. The van der Waals surface area contributed by atoms with Crippen LogP contribution in [-0.4, -0.2) is 19.0 Å². The maximum absolute atomic E-state index is 10.7. The largest absolute Gasteiger partial charge is 0.768 e. The molecule has 78 valence electrons. The van der Waals surface area contributed by atoms with E-state index in [1.165, 1.54) is 24.3 Å². The first-order valence-corrected chi connectivity index (χ1v) is 5.20. The molecular formula is C10H7O4S-. The first-order chi connectivity index (χ1) is 7.08. The lowest BCUT2D eigenvalue weighted by atomic mass is 10.1. The van der Waals surface area contributed by atoms with Crippen molar-refractivity contribution in [3.05, 3.63) is 30.3 Å². The van der Waals surface area contributed by atoms with Gasteiger partial charge in [0.05, 0.1) is 0 Å². The molecular weight excluding hydrogens is 216 g/mol. The fourth-order valence-electron chi connectivity index (χ4n) is 1.36. The molecule has 0 saturated carbocycles. The number of rotatable bonds is 1. The number of hydrogen-bond acceptors (Lipinski definition) is 4. The van der Waals surface area contributed by atoms with E-state index in [0.29, 0.717) is 10.8 Å². The molecule has 15 heavy (non-hydrogen) atoms. The molecule has 0 heterocycles. The van der Waals surface area contributed by atoms with Gasteiger partial charge in [-0.1, -0.05) is 6.07 Å². The first-order valence-electron chi connectivity index (χ1n) is 4.13. The lowest BCUT2D eigenvalue weighted by Crippen LogP contribution is -1.88. The van der Waals surface area contributed by atoms with E-state index in [9.17, 15) is 19.0 Å². The number of benzene rings is 2. The molecule has 2 aromatic carbocycles. The summed E-state index contributed by atoms with van der Waals surface area (Å²) in [6, 6.07) is 7.13. The minimum absolute atomic E-state index is 0.146. The Morgan fingerprint density at radius 3 is 2.20 bits per heavy atom. The normalized spacial score (nSPS) is 12.9. The van der Waals surface area contributed by atoms with Crippen LogP contribution in [0.2, 0.25) is 0 Å². The van der Waals surface area contributed by atoms with Crippen LogP contribution in [0.3, 0.4) is 0 Å². The van der Waals surface area contributed by atoms with Gasteiger partial charge in [-0.05, 0) is 46.1 Å². The lowest BCUT2D eigenvalue weighted by molar-refractivity contribution is 0.405. The van der Waals surface area contributed by atoms with Gasteiger partial charge in [0.1, 0.15) is 0 Å². The van der Waals surface area contributed by atoms with E-state index >= 15 is 0 Å². The van der Waals surface area contributed by atoms with Gasteiger partial charge in [0.15, 0.2) is 11.5 Å². The second-order valence-corrected chi connectivity index (χ2v) is 4.03. The number of hydrogen-bond donors (Lipinski definition) is 2.